The minimum atomic E-state index is 0.286. The van der Waals surface area contributed by atoms with Crippen LogP contribution in [0.3, 0.4) is 0 Å². The lowest BCUT2D eigenvalue weighted by Gasteiger charge is -2.29. The van der Waals surface area contributed by atoms with Crippen molar-refractivity contribution in [2.24, 2.45) is 11.7 Å². The largest absolute Gasteiger partial charge is 0.388 e. The molecule has 1 saturated heterocycles. The van der Waals surface area contributed by atoms with Gasteiger partial charge < -0.3 is 16.0 Å². The number of nitrogens with one attached hydrogen (secondary N) is 1. The third kappa shape index (κ3) is 3.36. The smallest absolute Gasteiger partial charge is 0.155 e. The summed E-state index contributed by atoms with van der Waals surface area (Å²) in [4.78, 5) is 11.0. The number of nitrogens with zero attached hydrogens (tertiary/aromatic N) is 3. The highest BCUT2D eigenvalue weighted by Crippen LogP contribution is 2.17. The van der Waals surface area contributed by atoms with Gasteiger partial charge in [-0.15, -0.1) is 0 Å². The highest BCUT2D eigenvalue weighted by Gasteiger charge is 2.17. The fourth-order valence-electron chi connectivity index (χ4n) is 2.15. The number of thiocarbonyl (C=S) groups is 1. The summed E-state index contributed by atoms with van der Waals surface area (Å²) in [7, 11) is 2.16. The molecular formula is C12H19N5S. The summed E-state index contributed by atoms with van der Waals surface area (Å²) in [5.41, 5.74) is 6.21. The van der Waals surface area contributed by atoms with Crippen molar-refractivity contribution in [3.05, 3.63) is 18.1 Å². The Labute approximate surface area is 113 Å². The molecule has 1 aromatic rings. The van der Waals surface area contributed by atoms with Gasteiger partial charge in [-0.1, -0.05) is 12.2 Å². The van der Waals surface area contributed by atoms with Gasteiger partial charge in [0.2, 0.25) is 0 Å². The fourth-order valence-corrected chi connectivity index (χ4v) is 2.30. The van der Waals surface area contributed by atoms with Crippen molar-refractivity contribution in [3.63, 3.8) is 0 Å². The quantitative estimate of drug-likeness (QED) is 0.787. The number of anilines is 1. The number of likely N-dealkylation sites (tertiary alicyclic amines) is 1. The van der Waals surface area contributed by atoms with Gasteiger partial charge in [0.1, 0.15) is 10.7 Å². The van der Waals surface area contributed by atoms with Crippen molar-refractivity contribution >= 4 is 23.0 Å². The normalized spacial score (nSPS) is 17.6. The Morgan fingerprint density at radius 2 is 2.11 bits per heavy atom. The van der Waals surface area contributed by atoms with Crippen molar-refractivity contribution in [2.75, 3.05) is 32.0 Å². The maximum atomic E-state index is 5.62. The second-order valence-corrected chi connectivity index (χ2v) is 5.19. The first-order valence-corrected chi connectivity index (χ1v) is 6.61. The van der Waals surface area contributed by atoms with Gasteiger partial charge >= 0.3 is 0 Å². The van der Waals surface area contributed by atoms with Crippen LogP contribution in [0.2, 0.25) is 0 Å². The molecule has 0 radical (unpaired) electrons. The van der Waals surface area contributed by atoms with Gasteiger partial charge in [-0.2, -0.15) is 0 Å². The molecule has 2 rings (SSSR count). The lowest BCUT2D eigenvalue weighted by molar-refractivity contribution is 0.226. The summed E-state index contributed by atoms with van der Waals surface area (Å²) in [5, 5.41) is 3.32. The Morgan fingerprint density at radius 1 is 1.44 bits per heavy atom. The Morgan fingerprint density at radius 3 is 2.78 bits per heavy atom. The first-order valence-electron chi connectivity index (χ1n) is 6.20. The zero-order valence-corrected chi connectivity index (χ0v) is 11.4. The number of hydrogen-bond acceptors (Lipinski definition) is 5. The van der Waals surface area contributed by atoms with Crippen LogP contribution in [-0.4, -0.2) is 46.5 Å². The van der Waals surface area contributed by atoms with Gasteiger partial charge in [-0.05, 0) is 38.9 Å². The maximum Gasteiger partial charge on any atom is 0.155 e. The van der Waals surface area contributed by atoms with Crippen molar-refractivity contribution in [1.29, 1.82) is 0 Å². The monoisotopic (exact) mass is 265 g/mol. The van der Waals surface area contributed by atoms with E-state index < -0.39 is 0 Å². The predicted octanol–water partition coefficient (Wildman–Crippen LogP) is 0.864. The average molecular weight is 265 g/mol. The van der Waals surface area contributed by atoms with Crippen LogP contribution in [0.4, 0.5) is 5.82 Å². The Kier molecular flexibility index (Phi) is 4.43. The molecule has 0 amide bonds. The molecule has 0 aliphatic carbocycles. The fraction of sp³-hybridized carbons (Fsp3) is 0.583. The SMILES string of the molecule is CN1CCC(CNc2nccnc2C(N)=S)CC1. The first-order chi connectivity index (χ1) is 8.66. The van der Waals surface area contributed by atoms with Gasteiger partial charge in [0.25, 0.3) is 0 Å². The zero-order chi connectivity index (χ0) is 13.0. The minimum Gasteiger partial charge on any atom is -0.388 e. The maximum absolute atomic E-state index is 5.62. The first kappa shape index (κ1) is 13.2. The standard InChI is InChI=1S/C12H19N5S/c1-17-6-2-9(3-7-17)8-16-12-10(11(13)18)14-4-5-15-12/h4-5,9H,2-3,6-8H2,1H3,(H2,13,18)(H,15,16). The highest BCUT2D eigenvalue weighted by atomic mass is 32.1. The van der Waals surface area contributed by atoms with Crippen LogP contribution < -0.4 is 11.1 Å². The van der Waals surface area contributed by atoms with Crippen LogP contribution in [0, 0.1) is 5.92 Å². The third-order valence-corrected chi connectivity index (χ3v) is 3.52. The second kappa shape index (κ2) is 6.06. The number of aromatic nitrogens is 2. The molecule has 0 aromatic carbocycles. The lowest BCUT2D eigenvalue weighted by Crippen LogP contribution is -2.33. The summed E-state index contributed by atoms with van der Waals surface area (Å²) in [6, 6.07) is 0. The number of hydrogen-bond donors (Lipinski definition) is 2. The van der Waals surface area contributed by atoms with Crippen molar-refractivity contribution in [3.8, 4) is 0 Å². The molecule has 1 fully saturated rings. The Balaban J connectivity index is 1.92. The molecule has 0 unspecified atom stereocenters. The van der Waals surface area contributed by atoms with E-state index in [1.54, 1.807) is 12.4 Å². The lowest BCUT2D eigenvalue weighted by atomic mass is 9.97. The van der Waals surface area contributed by atoms with Gasteiger partial charge in [0, 0.05) is 18.9 Å². The van der Waals surface area contributed by atoms with E-state index >= 15 is 0 Å². The molecule has 0 bridgehead atoms. The van der Waals surface area contributed by atoms with Gasteiger partial charge in [-0.25, -0.2) is 9.97 Å². The van der Waals surface area contributed by atoms with E-state index in [1.165, 1.54) is 12.8 Å². The van der Waals surface area contributed by atoms with E-state index in [4.69, 9.17) is 18.0 Å². The van der Waals surface area contributed by atoms with Crippen LogP contribution in [0.25, 0.3) is 0 Å². The number of piperidine rings is 1. The molecule has 18 heavy (non-hydrogen) atoms. The van der Waals surface area contributed by atoms with Crippen LogP contribution in [0.5, 0.6) is 0 Å². The van der Waals surface area contributed by atoms with E-state index in [2.05, 4.69) is 27.2 Å². The van der Waals surface area contributed by atoms with Gasteiger partial charge in [0.15, 0.2) is 5.82 Å². The molecule has 6 heteroatoms. The van der Waals surface area contributed by atoms with Crippen LogP contribution >= 0.6 is 12.2 Å². The van der Waals surface area contributed by atoms with E-state index in [0.29, 0.717) is 17.4 Å². The third-order valence-electron chi connectivity index (χ3n) is 3.33. The molecule has 1 aliphatic heterocycles. The molecule has 98 valence electrons. The van der Waals surface area contributed by atoms with E-state index in [0.717, 1.165) is 19.6 Å². The summed E-state index contributed by atoms with van der Waals surface area (Å²) in [6.45, 7) is 3.23. The molecule has 2 heterocycles. The molecule has 3 N–H and O–H groups in total. The number of nitrogens with two attached hydrogens (primary N) is 1. The van der Waals surface area contributed by atoms with E-state index in [-0.39, 0.29) is 4.99 Å². The van der Waals surface area contributed by atoms with Crippen LogP contribution in [-0.2, 0) is 0 Å². The van der Waals surface area contributed by atoms with Crippen molar-refractivity contribution in [1.82, 2.24) is 14.9 Å². The molecule has 1 aromatic heterocycles. The summed E-state index contributed by atoms with van der Waals surface area (Å²) in [5.74, 6) is 1.38. The van der Waals surface area contributed by atoms with Crippen molar-refractivity contribution in [2.45, 2.75) is 12.8 Å². The predicted molar refractivity (Wildman–Crippen MR) is 76.6 cm³/mol. The molecule has 5 nitrogen and oxygen atoms in total. The molecule has 1 aliphatic rings. The molecular weight excluding hydrogens is 246 g/mol. The topological polar surface area (TPSA) is 67.1 Å². The van der Waals surface area contributed by atoms with Crippen molar-refractivity contribution < 1.29 is 0 Å². The minimum absolute atomic E-state index is 0.286. The Bertz CT molecular complexity index is 415. The highest BCUT2D eigenvalue weighted by molar-refractivity contribution is 7.80. The Hall–Kier alpha value is -1.27. The summed E-state index contributed by atoms with van der Waals surface area (Å²) < 4.78 is 0. The van der Waals surface area contributed by atoms with Gasteiger partial charge in [-0.3, -0.25) is 0 Å². The van der Waals surface area contributed by atoms with Gasteiger partial charge in [0.05, 0.1) is 0 Å². The van der Waals surface area contributed by atoms with E-state index in [1.807, 2.05) is 0 Å². The molecule has 0 saturated carbocycles. The molecule has 0 atom stereocenters. The second-order valence-electron chi connectivity index (χ2n) is 4.75. The summed E-state index contributed by atoms with van der Waals surface area (Å²) in [6.07, 6.45) is 5.69. The average Bonchev–Trinajstić information content (AvgIpc) is 2.38. The summed E-state index contributed by atoms with van der Waals surface area (Å²) >= 11 is 4.96. The molecule has 0 spiro atoms. The van der Waals surface area contributed by atoms with E-state index in [9.17, 15) is 0 Å². The zero-order valence-electron chi connectivity index (χ0n) is 10.6. The van der Waals surface area contributed by atoms with Crippen LogP contribution in [0.1, 0.15) is 18.5 Å². The number of rotatable bonds is 4. The van der Waals surface area contributed by atoms with Crippen LogP contribution in [0.15, 0.2) is 12.4 Å².